The van der Waals surface area contributed by atoms with Crippen molar-refractivity contribution in [2.75, 3.05) is 6.54 Å². The molecule has 1 N–H and O–H groups in total. The summed E-state index contributed by atoms with van der Waals surface area (Å²) in [6.45, 7) is 7.10. The molecule has 5 heteroatoms. The van der Waals surface area contributed by atoms with Crippen LogP contribution >= 0.6 is 0 Å². The van der Waals surface area contributed by atoms with Gasteiger partial charge >= 0.3 is 0 Å². The lowest BCUT2D eigenvalue weighted by Crippen LogP contribution is -2.33. The van der Waals surface area contributed by atoms with Crippen LogP contribution in [0.3, 0.4) is 0 Å². The molecule has 0 bridgehead atoms. The van der Waals surface area contributed by atoms with Crippen molar-refractivity contribution in [3.05, 3.63) is 35.7 Å². The van der Waals surface area contributed by atoms with Crippen LogP contribution in [0.15, 0.2) is 28.8 Å². The summed E-state index contributed by atoms with van der Waals surface area (Å²) in [5, 5.41) is 6.84. The van der Waals surface area contributed by atoms with Crippen LogP contribution in [0.2, 0.25) is 0 Å². The number of hydrogen-bond donors (Lipinski definition) is 1. The van der Waals surface area contributed by atoms with E-state index < -0.39 is 0 Å². The summed E-state index contributed by atoms with van der Waals surface area (Å²) in [6, 6.07) is 7.26. The highest BCUT2D eigenvalue weighted by Gasteiger charge is 2.34. The van der Waals surface area contributed by atoms with Gasteiger partial charge in [0.2, 0.25) is 0 Å². The Kier molecular flexibility index (Phi) is 4.20. The molecule has 1 saturated carbocycles. The third-order valence-corrected chi connectivity index (χ3v) is 4.91. The number of hydrogen-bond acceptors (Lipinski definition) is 4. The molecule has 1 heterocycles. The van der Waals surface area contributed by atoms with Crippen LogP contribution in [0.25, 0.3) is 11.5 Å². The first-order chi connectivity index (χ1) is 11.0. The standard InChI is InChI=1S/C18H23N3O2/c1-12-20-17(23-21-12)14-8-6-13(7-9-14)16(22)19-11-15-5-4-10-18(15,2)3/h6-9,15H,4-5,10-11H2,1-3H3,(H,19,22)/t15-/m1/s1. The molecule has 23 heavy (non-hydrogen) atoms. The Morgan fingerprint density at radius 3 is 2.65 bits per heavy atom. The SMILES string of the molecule is Cc1noc(-c2ccc(C(=O)NC[C@H]3CCCC3(C)C)cc2)n1. The minimum absolute atomic E-state index is 0.0269. The highest BCUT2D eigenvalue weighted by Crippen LogP contribution is 2.42. The second kappa shape index (κ2) is 6.14. The van der Waals surface area contributed by atoms with Gasteiger partial charge in [-0.2, -0.15) is 4.98 Å². The molecule has 1 atom stereocenters. The van der Waals surface area contributed by atoms with Gasteiger partial charge in [0.15, 0.2) is 5.82 Å². The summed E-state index contributed by atoms with van der Waals surface area (Å²) in [5.74, 6) is 1.61. The first kappa shape index (κ1) is 15.7. The van der Waals surface area contributed by atoms with Crippen LogP contribution in [0, 0.1) is 18.3 Å². The number of nitrogens with one attached hydrogen (secondary N) is 1. The van der Waals surface area contributed by atoms with Gasteiger partial charge in [-0.25, -0.2) is 0 Å². The van der Waals surface area contributed by atoms with Crippen molar-refractivity contribution in [2.24, 2.45) is 11.3 Å². The fraction of sp³-hybridized carbons (Fsp3) is 0.500. The van der Waals surface area contributed by atoms with E-state index in [-0.39, 0.29) is 5.91 Å². The summed E-state index contributed by atoms with van der Waals surface area (Å²) < 4.78 is 5.13. The molecule has 2 aromatic rings. The molecule has 1 aromatic heterocycles. The molecule has 3 rings (SSSR count). The molecule has 1 aliphatic rings. The molecule has 1 fully saturated rings. The van der Waals surface area contributed by atoms with Gasteiger partial charge in [0, 0.05) is 17.7 Å². The van der Waals surface area contributed by atoms with Crippen molar-refractivity contribution in [3.8, 4) is 11.5 Å². The van der Waals surface area contributed by atoms with Crippen LogP contribution in [0.1, 0.15) is 49.3 Å². The van der Waals surface area contributed by atoms with E-state index >= 15 is 0 Å². The summed E-state index contributed by atoms with van der Waals surface area (Å²) in [6.07, 6.45) is 3.69. The largest absolute Gasteiger partial charge is 0.352 e. The smallest absolute Gasteiger partial charge is 0.257 e. The lowest BCUT2D eigenvalue weighted by molar-refractivity contribution is 0.0937. The average molecular weight is 313 g/mol. The topological polar surface area (TPSA) is 68.0 Å². The number of nitrogens with zero attached hydrogens (tertiary/aromatic N) is 2. The van der Waals surface area contributed by atoms with E-state index in [2.05, 4.69) is 29.3 Å². The van der Waals surface area contributed by atoms with E-state index in [0.717, 1.165) is 12.1 Å². The van der Waals surface area contributed by atoms with Gasteiger partial charge in [0.05, 0.1) is 0 Å². The maximum Gasteiger partial charge on any atom is 0.257 e. The molecule has 1 amide bonds. The summed E-state index contributed by atoms with van der Waals surface area (Å²) in [7, 11) is 0. The zero-order chi connectivity index (χ0) is 16.4. The fourth-order valence-electron chi connectivity index (χ4n) is 3.27. The molecule has 0 saturated heterocycles. The van der Waals surface area contributed by atoms with Gasteiger partial charge in [-0.1, -0.05) is 25.4 Å². The normalized spacial score (nSPS) is 19.7. The number of carbonyl (C=O) groups excluding carboxylic acids is 1. The number of aromatic nitrogens is 2. The Morgan fingerprint density at radius 1 is 1.35 bits per heavy atom. The van der Waals surface area contributed by atoms with E-state index in [1.165, 1.54) is 19.3 Å². The zero-order valence-electron chi connectivity index (χ0n) is 13.9. The number of carbonyl (C=O) groups is 1. The van der Waals surface area contributed by atoms with E-state index in [4.69, 9.17) is 4.52 Å². The van der Waals surface area contributed by atoms with Gasteiger partial charge in [0.1, 0.15) is 0 Å². The molecule has 1 aliphatic carbocycles. The van der Waals surface area contributed by atoms with Crippen LogP contribution in [-0.4, -0.2) is 22.6 Å². The number of rotatable bonds is 4. The minimum atomic E-state index is -0.0269. The predicted molar refractivity (Wildman–Crippen MR) is 87.9 cm³/mol. The van der Waals surface area contributed by atoms with Gasteiger partial charge in [0.25, 0.3) is 11.8 Å². The van der Waals surface area contributed by atoms with Gasteiger partial charge < -0.3 is 9.84 Å². The number of amides is 1. The lowest BCUT2D eigenvalue weighted by atomic mass is 9.82. The van der Waals surface area contributed by atoms with E-state index in [9.17, 15) is 4.79 Å². The Hall–Kier alpha value is -2.17. The highest BCUT2D eigenvalue weighted by molar-refractivity contribution is 5.94. The first-order valence-electron chi connectivity index (χ1n) is 8.15. The molecule has 0 spiro atoms. The van der Waals surface area contributed by atoms with Gasteiger partial charge in [-0.15, -0.1) is 0 Å². The molecule has 0 unspecified atom stereocenters. The molecule has 122 valence electrons. The quantitative estimate of drug-likeness (QED) is 0.936. The molecule has 5 nitrogen and oxygen atoms in total. The summed E-state index contributed by atoms with van der Waals surface area (Å²) in [4.78, 5) is 16.5. The van der Waals surface area contributed by atoms with Crippen LogP contribution in [0.5, 0.6) is 0 Å². The van der Waals surface area contributed by atoms with Gasteiger partial charge in [-0.3, -0.25) is 4.79 Å². The van der Waals surface area contributed by atoms with Crippen LogP contribution in [0.4, 0.5) is 0 Å². The average Bonchev–Trinajstić information content (AvgIpc) is 3.10. The maximum absolute atomic E-state index is 12.3. The van der Waals surface area contributed by atoms with Gasteiger partial charge in [-0.05, 0) is 55.4 Å². The van der Waals surface area contributed by atoms with Crippen molar-refractivity contribution in [3.63, 3.8) is 0 Å². The highest BCUT2D eigenvalue weighted by atomic mass is 16.5. The summed E-state index contributed by atoms with van der Waals surface area (Å²) in [5.41, 5.74) is 1.80. The van der Waals surface area contributed by atoms with Crippen LogP contribution in [-0.2, 0) is 0 Å². The number of aryl methyl sites for hydroxylation is 1. The van der Waals surface area contributed by atoms with Crippen molar-refractivity contribution < 1.29 is 9.32 Å². The molecular weight excluding hydrogens is 290 g/mol. The summed E-state index contributed by atoms with van der Waals surface area (Å²) >= 11 is 0. The third-order valence-electron chi connectivity index (χ3n) is 4.91. The van der Waals surface area contributed by atoms with Crippen molar-refractivity contribution in [2.45, 2.75) is 40.0 Å². The van der Waals surface area contributed by atoms with E-state index in [1.54, 1.807) is 19.1 Å². The minimum Gasteiger partial charge on any atom is -0.352 e. The number of benzene rings is 1. The zero-order valence-corrected chi connectivity index (χ0v) is 13.9. The van der Waals surface area contributed by atoms with Crippen molar-refractivity contribution >= 4 is 5.91 Å². The van der Waals surface area contributed by atoms with E-state index in [0.29, 0.717) is 28.6 Å². The molecular formula is C18H23N3O2. The molecule has 0 aliphatic heterocycles. The maximum atomic E-state index is 12.3. The van der Waals surface area contributed by atoms with Crippen LogP contribution < -0.4 is 5.32 Å². The molecule has 0 radical (unpaired) electrons. The Balaban J connectivity index is 1.62. The fourth-order valence-corrected chi connectivity index (χ4v) is 3.27. The predicted octanol–water partition coefficient (Wildman–Crippen LogP) is 3.60. The van der Waals surface area contributed by atoms with Crippen molar-refractivity contribution in [1.82, 2.24) is 15.5 Å². The first-order valence-corrected chi connectivity index (χ1v) is 8.15. The second-order valence-electron chi connectivity index (χ2n) is 7.01. The Morgan fingerprint density at radius 2 is 2.09 bits per heavy atom. The Bertz CT molecular complexity index is 689. The second-order valence-corrected chi connectivity index (χ2v) is 7.01. The lowest BCUT2D eigenvalue weighted by Gasteiger charge is -2.27. The monoisotopic (exact) mass is 313 g/mol. The van der Waals surface area contributed by atoms with E-state index in [1.807, 2.05) is 12.1 Å². The Labute approximate surface area is 136 Å². The molecule has 1 aromatic carbocycles. The third kappa shape index (κ3) is 3.44. The van der Waals surface area contributed by atoms with Crippen molar-refractivity contribution in [1.29, 1.82) is 0 Å².